The molecular formula is C25H17FN2O2. The molecule has 0 atom stereocenters. The van der Waals surface area contributed by atoms with Crippen LogP contribution in [0.15, 0.2) is 66.7 Å². The van der Waals surface area contributed by atoms with Gasteiger partial charge in [-0.3, -0.25) is 0 Å². The third kappa shape index (κ3) is 3.74. The van der Waals surface area contributed by atoms with Crippen LogP contribution in [0.25, 0.3) is 11.1 Å². The van der Waals surface area contributed by atoms with E-state index in [9.17, 15) is 9.18 Å². The second-order valence-electron chi connectivity index (χ2n) is 6.76. The summed E-state index contributed by atoms with van der Waals surface area (Å²) in [6.45, 7) is 0.221. The number of hydrogen-bond donors (Lipinski definition) is 1. The molecule has 1 aliphatic carbocycles. The van der Waals surface area contributed by atoms with Crippen molar-refractivity contribution in [2.24, 2.45) is 0 Å². The van der Waals surface area contributed by atoms with E-state index >= 15 is 0 Å². The van der Waals surface area contributed by atoms with E-state index in [0.29, 0.717) is 0 Å². The summed E-state index contributed by atoms with van der Waals surface area (Å²) < 4.78 is 19.4. The summed E-state index contributed by atoms with van der Waals surface area (Å²) in [6, 6.07) is 22.4. The van der Waals surface area contributed by atoms with Gasteiger partial charge in [-0.05, 0) is 34.4 Å². The van der Waals surface area contributed by atoms with Crippen LogP contribution in [0.2, 0.25) is 0 Å². The predicted octanol–water partition coefficient (Wildman–Crippen LogP) is 4.59. The maximum atomic E-state index is 14.0. The van der Waals surface area contributed by atoms with Crippen molar-refractivity contribution in [1.29, 1.82) is 5.26 Å². The zero-order chi connectivity index (χ0) is 20.9. The highest BCUT2D eigenvalue weighted by Gasteiger charge is 2.28. The lowest BCUT2D eigenvalue weighted by Crippen LogP contribution is -2.26. The molecule has 4 rings (SSSR count). The molecule has 1 N–H and O–H groups in total. The largest absolute Gasteiger partial charge is 0.449 e. The Kier molecular flexibility index (Phi) is 5.46. The molecule has 0 spiro atoms. The molecule has 3 aromatic carbocycles. The summed E-state index contributed by atoms with van der Waals surface area (Å²) in [4.78, 5) is 12.1. The summed E-state index contributed by atoms with van der Waals surface area (Å²) in [7, 11) is 0. The second-order valence-corrected chi connectivity index (χ2v) is 6.76. The van der Waals surface area contributed by atoms with E-state index in [1.807, 2.05) is 24.3 Å². The number of nitrogens with one attached hydrogen (secondary N) is 1. The SMILES string of the molecule is N#Cc1cccc(C#CCNC(=O)OCC2c3ccccc3-c3ccccc32)c1F. The van der Waals surface area contributed by atoms with E-state index in [-0.39, 0.29) is 30.2 Å². The number of hydrogen-bond acceptors (Lipinski definition) is 3. The summed E-state index contributed by atoms with van der Waals surface area (Å²) >= 11 is 0. The van der Waals surface area contributed by atoms with Crippen molar-refractivity contribution in [2.75, 3.05) is 13.2 Å². The van der Waals surface area contributed by atoms with Crippen LogP contribution in [0.3, 0.4) is 0 Å². The van der Waals surface area contributed by atoms with Crippen molar-refractivity contribution in [1.82, 2.24) is 5.32 Å². The Labute approximate surface area is 173 Å². The minimum Gasteiger partial charge on any atom is -0.449 e. The van der Waals surface area contributed by atoms with E-state index in [0.717, 1.165) is 22.3 Å². The number of benzene rings is 3. The van der Waals surface area contributed by atoms with Crippen LogP contribution in [-0.2, 0) is 4.74 Å². The first-order chi connectivity index (χ1) is 14.7. The van der Waals surface area contributed by atoms with Gasteiger partial charge in [-0.15, -0.1) is 0 Å². The number of carbonyl (C=O) groups excluding carboxylic acids is 1. The third-order valence-electron chi connectivity index (χ3n) is 5.01. The molecule has 0 saturated carbocycles. The Bertz CT molecular complexity index is 1170. The fraction of sp³-hybridized carbons (Fsp3) is 0.120. The van der Waals surface area contributed by atoms with E-state index < -0.39 is 11.9 Å². The number of fused-ring (bicyclic) bond motifs is 3. The molecule has 0 bridgehead atoms. The summed E-state index contributed by atoms with van der Waals surface area (Å²) in [5, 5.41) is 11.4. The van der Waals surface area contributed by atoms with Crippen LogP contribution in [-0.4, -0.2) is 19.2 Å². The van der Waals surface area contributed by atoms with Crippen molar-refractivity contribution in [3.05, 3.63) is 94.8 Å². The molecule has 0 radical (unpaired) electrons. The molecule has 0 aromatic heterocycles. The summed E-state index contributed by atoms with van der Waals surface area (Å²) in [5.41, 5.74) is 4.65. The van der Waals surface area contributed by atoms with E-state index in [2.05, 4.69) is 41.4 Å². The van der Waals surface area contributed by atoms with Gasteiger partial charge in [0.15, 0.2) is 5.82 Å². The molecular weight excluding hydrogens is 379 g/mol. The van der Waals surface area contributed by atoms with E-state index in [1.54, 1.807) is 12.1 Å². The van der Waals surface area contributed by atoms with Gasteiger partial charge in [0.1, 0.15) is 12.7 Å². The number of carbonyl (C=O) groups is 1. The summed E-state index contributed by atoms with van der Waals surface area (Å²) in [6.07, 6.45) is -0.586. The van der Waals surface area contributed by atoms with Gasteiger partial charge in [-0.2, -0.15) is 5.26 Å². The quantitative estimate of drug-likeness (QED) is 0.659. The van der Waals surface area contributed by atoms with Crippen LogP contribution in [0, 0.1) is 29.0 Å². The minimum absolute atomic E-state index is 0.00684. The van der Waals surface area contributed by atoms with E-state index in [1.165, 1.54) is 12.1 Å². The predicted molar refractivity (Wildman–Crippen MR) is 111 cm³/mol. The zero-order valence-corrected chi connectivity index (χ0v) is 16.0. The second kappa shape index (κ2) is 8.51. The molecule has 0 heterocycles. The van der Waals surface area contributed by atoms with Crippen LogP contribution < -0.4 is 5.32 Å². The van der Waals surface area contributed by atoms with Gasteiger partial charge in [0, 0.05) is 5.92 Å². The highest BCUT2D eigenvalue weighted by atomic mass is 19.1. The Morgan fingerprint density at radius 1 is 0.967 bits per heavy atom. The fourth-order valence-corrected chi connectivity index (χ4v) is 3.62. The molecule has 0 aliphatic heterocycles. The third-order valence-corrected chi connectivity index (χ3v) is 5.01. The van der Waals surface area contributed by atoms with Gasteiger partial charge in [-0.1, -0.05) is 66.4 Å². The minimum atomic E-state index is -0.659. The average Bonchev–Trinajstić information content (AvgIpc) is 3.10. The Balaban J connectivity index is 1.36. The molecule has 30 heavy (non-hydrogen) atoms. The highest BCUT2D eigenvalue weighted by Crippen LogP contribution is 2.44. The lowest BCUT2D eigenvalue weighted by Gasteiger charge is -2.14. The maximum Gasteiger partial charge on any atom is 0.407 e. The Morgan fingerprint density at radius 3 is 2.27 bits per heavy atom. The molecule has 146 valence electrons. The first-order valence-corrected chi connectivity index (χ1v) is 9.45. The molecule has 0 unspecified atom stereocenters. The molecule has 0 saturated heterocycles. The van der Waals surface area contributed by atoms with Gasteiger partial charge in [0.25, 0.3) is 0 Å². The fourth-order valence-electron chi connectivity index (χ4n) is 3.62. The van der Waals surface area contributed by atoms with Crippen LogP contribution in [0.1, 0.15) is 28.2 Å². The molecule has 3 aromatic rings. The standard InChI is InChI=1S/C25H17FN2O2/c26-24-17(7-5-8-18(24)15-27)9-6-14-28-25(29)30-16-23-21-12-3-1-10-19(21)20-11-2-4-13-22(20)23/h1-5,7-8,10-13,23H,14,16H2,(H,28,29). The Hall–Kier alpha value is -4.09. The number of ether oxygens (including phenoxy) is 1. The maximum absolute atomic E-state index is 14.0. The van der Waals surface area contributed by atoms with E-state index in [4.69, 9.17) is 10.00 Å². The van der Waals surface area contributed by atoms with Crippen molar-refractivity contribution in [2.45, 2.75) is 5.92 Å². The van der Waals surface area contributed by atoms with Gasteiger partial charge in [0.05, 0.1) is 17.7 Å². The number of nitrogens with zero attached hydrogens (tertiary/aromatic N) is 1. The average molecular weight is 396 g/mol. The smallest absolute Gasteiger partial charge is 0.407 e. The van der Waals surface area contributed by atoms with Crippen LogP contribution in [0.4, 0.5) is 9.18 Å². The number of alkyl carbamates (subject to hydrolysis) is 1. The monoisotopic (exact) mass is 396 g/mol. The lowest BCUT2D eigenvalue weighted by atomic mass is 9.98. The molecule has 0 fully saturated rings. The van der Waals surface area contributed by atoms with Crippen molar-refractivity contribution < 1.29 is 13.9 Å². The van der Waals surface area contributed by atoms with Gasteiger partial charge in [-0.25, -0.2) is 9.18 Å². The molecule has 1 aliphatic rings. The van der Waals surface area contributed by atoms with Crippen LogP contribution >= 0.6 is 0 Å². The number of halogens is 1. The molecule has 5 heteroatoms. The van der Waals surface area contributed by atoms with Gasteiger partial charge in [0.2, 0.25) is 0 Å². The Morgan fingerprint density at radius 2 is 1.60 bits per heavy atom. The van der Waals surface area contributed by atoms with Crippen LogP contribution in [0.5, 0.6) is 0 Å². The van der Waals surface area contributed by atoms with Gasteiger partial charge < -0.3 is 10.1 Å². The topological polar surface area (TPSA) is 62.1 Å². The molecule has 1 amide bonds. The van der Waals surface area contributed by atoms with Crippen molar-refractivity contribution in [3.63, 3.8) is 0 Å². The normalized spacial score (nSPS) is 11.5. The van der Waals surface area contributed by atoms with Crippen molar-refractivity contribution >= 4 is 6.09 Å². The number of nitriles is 1. The highest BCUT2D eigenvalue weighted by molar-refractivity contribution is 5.79. The summed E-state index contributed by atoms with van der Waals surface area (Å²) in [5.74, 6) is 4.62. The molecule has 4 nitrogen and oxygen atoms in total. The number of amides is 1. The number of rotatable bonds is 3. The first-order valence-electron chi connectivity index (χ1n) is 9.45. The van der Waals surface area contributed by atoms with Crippen molar-refractivity contribution in [3.8, 4) is 29.0 Å². The lowest BCUT2D eigenvalue weighted by molar-refractivity contribution is 0.144. The van der Waals surface area contributed by atoms with Gasteiger partial charge >= 0.3 is 6.09 Å². The first kappa shape index (κ1) is 19.2. The zero-order valence-electron chi connectivity index (χ0n) is 16.0.